The van der Waals surface area contributed by atoms with Crippen LogP contribution in [0.4, 0.5) is 5.69 Å². The lowest BCUT2D eigenvalue weighted by atomic mass is 10.1. The first-order valence-corrected chi connectivity index (χ1v) is 6.81. The topological polar surface area (TPSA) is 99.3 Å². The van der Waals surface area contributed by atoms with Crippen molar-refractivity contribution < 1.29 is 14.3 Å². The smallest absolute Gasteiger partial charge is 0.333 e. The number of fused-ring (bicyclic) bond motifs is 1. The summed E-state index contributed by atoms with van der Waals surface area (Å²) in [5.74, 6) is 0.421. The maximum Gasteiger partial charge on any atom is 0.333 e. The summed E-state index contributed by atoms with van der Waals surface area (Å²) in [6.07, 6.45) is 0. The summed E-state index contributed by atoms with van der Waals surface area (Å²) < 4.78 is 11.4. The molecule has 0 saturated heterocycles. The number of carbonyl (C=O) groups is 1. The van der Waals surface area contributed by atoms with Crippen LogP contribution in [-0.4, -0.2) is 29.7 Å². The Balaban J connectivity index is 2.19. The second kappa shape index (κ2) is 5.53. The standard InChI is InChI=1S/C16H15N3O4/c1-22-11-5-9(6-12(8-11)23-2)15(20)19-14-7-10(17)3-4-13(14)18-16(19)21/h3-8H,17H2,1-2H3,(H,18,21). The van der Waals surface area contributed by atoms with Crippen molar-refractivity contribution in [2.24, 2.45) is 0 Å². The van der Waals surface area contributed by atoms with Gasteiger partial charge in [0.1, 0.15) is 11.5 Å². The Morgan fingerprint density at radius 2 is 1.74 bits per heavy atom. The van der Waals surface area contributed by atoms with Crippen LogP contribution in [-0.2, 0) is 0 Å². The molecule has 1 heterocycles. The number of aromatic nitrogens is 2. The molecule has 0 amide bonds. The van der Waals surface area contributed by atoms with Crippen LogP contribution >= 0.6 is 0 Å². The van der Waals surface area contributed by atoms with Gasteiger partial charge in [-0.2, -0.15) is 0 Å². The number of ether oxygens (including phenoxy) is 2. The van der Waals surface area contributed by atoms with Gasteiger partial charge in [0.15, 0.2) is 0 Å². The van der Waals surface area contributed by atoms with E-state index in [0.717, 1.165) is 4.57 Å². The average molecular weight is 313 g/mol. The van der Waals surface area contributed by atoms with E-state index in [-0.39, 0.29) is 5.56 Å². The van der Waals surface area contributed by atoms with E-state index in [9.17, 15) is 9.59 Å². The number of hydrogen-bond donors (Lipinski definition) is 2. The first-order chi connectivity index (χ1) is 11.0. The highest BCUT2D eigenvalue weighted by Crippen LogP contribution is 2.24. The largest absolute Gasteiger partial charge is 0.497 e. The summed E-state index contributed by atoms with van der Waals surface area (Å²) in [6, 6.07) is 9.61. The number of H-pyrrole nitrogens is 1. The highest BCUT2D eigenvalue weighted by molar-refractivity contribution is 6.02. The highest BCUT2D eigenvalue weighted by Gasteiger charge is 2.18. The summed E-state index contributed by atoms with van der Waals surface area (Å²) in [7, 11) is 2.98. The molecule has 0 unspecified atom stereocenters. The molecule has 3 rings (SSSR count). The summed E-state index contributed by atoms with van der Waals surface area (Å²) >= 11 is 0. The van der Waals surface area contributed by atoms with Gasteiger partial charge in [0.2, 0.25) is 0 Å². The van der Waals surface area contributed by atoms with Crippen LogP contribution in [0.1, 0.15) is 10.4 Å². The van der Waals surface area contributed by atoms with Gasteiger partial charge in [0.05, 0.1) is 25.3 Å². The van der Waals surface area contributed by atoms with E-state index in [4.69, 9.17) is 15.2 Å². The number of carbonyl (C=O) groups excluding carboxylic acids is 1. The maximum absolute atomic E-state index is 12.8. The van der Waals surface area contributed by atoms with Crippen LogP contribution in [0.15, 0.2) is 41.2 Å². The second-order valence-electron chi connectivity index (χ2n) is 4.95. The first-order valence-electron chi connectivity index (χ1n) is 6.81. The number of nitrogens with one attached hydrogen (secondary N) is 1. The molecule has 7 nitrogen and oxygen atoms in total. The Morgan fingerprint density at radius 1 is 1.09 bits per heavy atom. The van der Waals surface area contributed by atoms with E-state index < -0.39 is 11.6 Å². The lowest BCUT2D eigenvalue weighted by molar-refractivity contribution is 0.0960. The summed E-state index contributed by atoms with van der Waals surface area (Å²) in [5, 5.41) is 0. The zero-order valence-electron chi connectivity index (χ0n) is 12.6. The molecule has 3 N–H and O–H groups in total. The van der Waals surface area contributed by atoms with Gasteiger partial charge < -0.3 is 20.2 Å². The third-order valence-corrected chi connectivity index (χ3v) is 3.51. The van der Waals surface area contributed by atoms with Gasteiger partial charge in [-0.05, 0) is 30.3 Å². The fourth-order valence-electron chi connectivity index (χ4n) is 2.38. The van der Waals surface area contributed by atoms with Gasteiger partial charge in [-0.1, -0.05) is 0 Å². The van der Waals surface area contributed by atoms with Gasteiger partial charge in [-0.15, -0.1) is 0 Å². The summed E-state index contributed by atoms with van der Waals surface area (Å²) in [5.41, 5.74) is 6.90. The van der Waals surface area contributed by atoms with Gasteiger partial charge >= 0.3 is 5.69 Å². The zero-order chi connectivity index (χ0) is 16.6. The summed E-state index contributed by atoms with van der Waals surface area (Å²) in [6.45, 7) is 0. The van der Waals surface area contributed by atoms with Crippen LogP contribution in [0.25, 0.3) is 11.0 Å². The molecule has 1 aromatic heterocycles. The van der Waals surface area contributed by atoms with E-state index in [1.54, 1.807) is 36.4 Å². The minimum Gasteiger partial charge on any atom is -0.497 e. The molecule has 0 saturated carbocycles. The number of imidazole rings is 1. The first kappa shape index (κ1) is 14.7. The van der Waals surface area contributed by atoms with Crippen LogP contribution in [0, 0.1) is 0 Å². The normalized spacial score (nSPS) is 10.7. The number of nitrogens with zero attached hydrogens (tertiary/aromatic N) is 1. The van der Waals surface area contributed by atoms with Crippen molar-refractivity contribution in [3.8, 4) is 11.5 Å². The second-order valence-corrected chi connectivity index (χ2v) is 4.95. The predicted octanol–water partition coefficient (Wildman–Crippen LogP) is 1.62. The molecule has 3 aromatic rings. The third kappa shape index (κ3) is 2.52. The molecular formula is C16H15N3O4. The molecule has 2 aromatic carbocycles. The van der Waals surface area contributed by atoms with Crippen molar-refractivity contribution in [1.29, 1.82) is 0 Å². The van der Waals surface area contributed by atoms with Crippen LogP contribution in [0.3, 0.4) is 0 Å². The molecular weight excluding hydrogens is 298 g/mol. The predicted molar refractivity (Wildman–Crippen MR) is 86.2 cm³/mol. The number of hydrogen-bond acceptors (Lipinski definition) is 5. The Kier molecular flexibility index (Phi) is 3.53. The van der Waals surface area contributed by atoms with Crippen molar-refractivity contribution in [3.05, 3.63) is 52.4 Å². The Labute approximate surface area is 131 Å². The number of nitrogens with two attached hydrogens (primary N) is 1. The minimum atomic E-state index is -0.530. The molecule has 0 aliphatic heterocycles. The molecule has 0 aliphatic carbocycles. The fourth-order valence-corrected chi connectivity index (χ4v) is 2.38. The van der Waals surface area contributed by atoms with Crippen LogP contribution in [0.5, 0.6) is 11.5 Å². The molecule has 0 bridgehead atoms. The number of aromatic amines is 1. The number of methoxy groups -OCH3 is 2. The van der Waals surface area contributed by atoms with E-state index in [1.165, 1.54) is 14.2 Å². The Morgan fingerprint density at radius 3 is 2.35 bits per heavy atom. The molecule has 0 aliphatic rings. The van der Waals surface area contributed by atoms with E-state index in [0.29, 0.717) is 28.2 Å². The molecule has 0 fully saturated rings. The molecule has 0 spiro atoms. The Bertz CT molecular complexity index is 933. The maximum atomic E-state index is 12.8. The SMILES string of the molecule is COc1cc(OC)cc(C(=O)n2c(=O)[nH]c3ccc(N)cc32)c1. The van der Waals surface area contributed by atoms with Gasteiger partial charge in [0.25, 0.3) is 5.91 Å². The molecule has 23 heavy (non-hydrogen) atoms. The lowest BCUT2D eigenvalue weighted by Gasteiger charge is -2.08. The van der Waals surface area contributed by atoms with Crippen molar-refractivity contribution in [2.45, 2.75) is 0 Å². The van der Waals surface area contributed by atoms with E-state index in [1.807, 2.05) is 0 Å². The van der Waals surface area contributed by atoms with E-state index in [2.05, 4.69) is 4.98 Å². The zero-order valence-corrected chi connectivity index (χ0v) is 12.6. The van der Waals surface area contributed by atoms with Crippen molar-refractivity contribution in [1.82, 2.24) is 9.55 Å². The van der Waals surface area contributed by atoms with Crippen LogP contribution in [0.2, 0.25) is 0 Å². The lowest BCUT2D eigenvalue weighted by Crippen LogP contribution is -2.24. The molecule has 0 atom stereocenters. The monoisotopic (exact) mass is 313 g/mol. The molecule has 0 radical (unpaired) electrons. The Hall–Kier alpha value is -3.22. The number of rotatable bonds is 3. The fraction of sp³-hybridized carbons (Fsp3) is 0.125. The van der Waals surface area contributed by atoms with Gasteiger partial charge in [-0.25, -0.2) is 9.36 Å². The van der Waals surface area contributed by atoms with Crippen molar-refractivity contribution in [2.75, 3.05) is 20.0 Å². The van der Waals surface area contributed by atoms with Crippen LogP contribution < -0.4 is 20.9 Å². The minimum absolute atomic E-state index is 0.270. The molecule has 118 valence electrons. The highest BCUT2D eigenvalue weighted by atomic mass is 16.5. The van der Waals surface area contributed by atoms with Gasteiger partial charge in [-0.3, -0.25) is 4.79 Å². The number of anilines is 1. The molecule has 7 heteroatoms. The third-order valence-electron chi connectivity index (χ3n) is 3.51. The van der Waals surface area contributed by atoms with E-state index >= 15 is 0 Å². The average Bonchev–Trinajstić information content (AvgIpc) is 2.88. The van der Waals surface area contributed by atoms with Gasteiger partial charge in [0, 0.05) is 17.3 Å². The quantitative estimate of drug-likeness (QED) is 0.716. The summed E-state index contributed by atoms with van der Waals surface area (Å²) in [4.78, 5) is 27.6. The number of nitrogen functional groups attached to an aromatic ring is 1. The van der Waals surface area contributed by atoms with Crippen molar-refractivity contribution >= 4 is 22.6 Å². The van der Waals surface area contributed by atoms with Crippen molar-refractivity contribution in [3.63, 3.8) is 0 Å². The number of benzene rings is 2.